The van der Waals surface area contributed by atoms with Gasteiger partial charge in [-0.2, -0.15) is 5.10 Å². The summed E-state index contributed by atoms with van der Waals surface area (Å²) in [5.74, 6) is 0. The van der Waals surface area contributed by atoms with Gasteiger partial charge in [-0.25, -0.2) is 0 Å². The number of likely N-dealkylation sites (N-methyl/N-ethyl adjacent to an activating group) is 1. The fraction of sp³-hybridized carbons (Fsp3) is 0.625. The van der Waals surface area contributed by atoms with Crippen LogP contribution in [0.2, 0.25) is 0 Å². The van der Waals surface area contributed by atoms with Crippen LogP contribution in [0.15, 0.2) is 12.3 Å². The number of likely N-dealkylation sites (tertiary alicyclic amines) is 1. The van der Waals surface area contributed by atoms with Gasteiger partial charge in [-0.1, -0.05) is 0 Å². The maximum atomic E-state index is 3.88. The highest BCUT2D eigenvalue weighted by atomic mass is 15.2. The van der Waals surface area contributed by atoms with Crippen molar-refractivity contribution in [1.29, 1.82) is 0 Å². The Morgan fingerprint density at radius 1 is 1.75 bits per heavy atom. The van der Waals surface area contributed by atoms with Crippen molar-refractivity contribution in [2.75, 3.05) is 20.1 Å². The van der Waals surface area contributed by atoms with Crippen LogP contribution in [0.5, 0.6) is 0 Å². The van der Waals surface area contributed by atoms with E-state index in [4.69, 9.17) is 0 Å². The summed E-state index contributed by atoms with van der Waals surface area (Å²) >= 11 is 0. The summed E-state index contributed by atoms with van der Waals surface area (Å²) in [5.41, 5.74) is 1.16. The molecule has 0 atom stereocenters. The fourth-order valence-electron chi connectivity index (χ4n) is 1.47. The van der Waals surface area contributed by atoms with Gasteiger partial charge >= 0.3 is 0 Å². The first kappa shape index (κ1) is 7.76. The van der Waals surface area contributed by atoms with Gasteiger partial charge in [0.05, 0.1) is 0 Å². The van der Waals surface area contributed by atoms with E-state index < -0.39 is 0 Å². The molecule has 0 aromatic carbocycles. The standard InChI is InChI=1S/C8H14N4/c1-12-5-8(6-12)9-4-7-2-3-10-11-7/h2-3,8-9H,4-6H2,1H3,(H,10,11). The Hall–Kier alpha value is -0.870. The van der Waals surface area contributed by atoms with Crippen molar-refractivity contribution in [1.82, 2.24) is 20.4 Å². The Morgan fingerprint density at radius 2 is 2.58 bits per heavy atom. The fourth-order valence-corrected chi connectivity index (χ4v) is 1.47. The predicted octanol–water partition coefficient (Wildman–Crippen LogP) is -0.187. The van der Waals surface area contributed by atoms with Crippen molar-refractivity contribution in [2.45, 2.75) is 12.6 Å². The zero-order valence-corrected chi connectivity index (χ0v) is 7.25. The first-order chi connectivity index (χ1) is 5.84. The van der Waals surface area contributed by atoms with Crippen LogP contribution in [0, 0.1) is 0 Å². The molecule has 0 radical (unpaired) electrons. The first-order valence-electron chi connectivity index (χ1n) is 4.25. The van der Waals surface area contributed by atoms with E-state index in [9.17, 15) is 0 Å². The van der Waals surface area contributed by atoms with Gasteiger partial charge in [0.15, 0.2) is 0 Å². The molecule has 1 aromatic rings. The number of rotatable bonds is 3. The van der Waals surface area contributed by atoms with Crippen molar-refractivity contribution in [3.8, 4) is 0 Å². The predicted molar refractivity (Wildman–Crippen MR) is 46.7 cm³/mol. The molecule has 2 rings (SSSR count). The summed E-state index contributed by atoms with van der Waals surface area (Å²) in [6, 6.07) is 2.66. The molecule has 0 spiro atoms. The van der Waals surface area contributed by atoms with Crippen LogP contribution in [-0.2, 0) is 6.54 Å². The van der Waals surface area contributed by atoms with E-state index in [1.54, 1.807) is 6.20 Å². The molecule has 2 heterocycles. The van der Waals surface area contributed by atoms with Crippen LogP contribution >= 0.6 is 0 Å². The maximum Gasteiger partial charge on any atom is 0.0490 e. The molecule has 1 saturated heterocycles. The summed E-state index contributed by atoms with van der Waals surface area (Å²) in [5, 5.41) is 10.2. The zero-order chi connectivity index (χ0) is 8.39. The number of aromatic nitrogens is 2. The number of nitrogens with zero attached hydrogens (tertiary/aromatic N) is 2. The summed E-state index contributed by atoms with van der Waals surface area (Å²) < 4.78 is 0. The van der Waals surface area contributed by atoms with Gasteiger partial charge < -0.3 is 10.2 Å². The number of H-pyrrole nitrogens is 1. The maximum absolute atomic E-state index is 3.88. The van der Waals surface area contributed by atoms with Crippen LogP contribution in [0.4, 0.5) is 0 Å². The van der Waals surface area contributed by atoms with Gasteiger partial charge in [-0.3, -0.25) is 5.10 Å². The lowest BCUT2D eigenvalue weighted by Gasteiger charge is -2.36. The largest absolute Gasteiger partial charge is 0.306 e. The molecule has 0 aliphatic carbocycles. The highest BCUT2D eigenvalue weighted by Gasteiger charge is 2.21. The molecule has 1 fully saturated rings. The summed E-state index contributed by atoms with van der Waals surface area (Å²) in [6.07, 6.45) is 1.78. The topological polar surface area (TPSA) is 44.0 Å². The minimum Gasteiger partial charge on any atom is -0.306 e. The molecule has 0 saturated carbocycles. The average molecular weight is 166 g/mol. The molecule has 1 aliphatic rings. The number of nitrogens with one attached hydrogen (secondary N) is 2. The van der Waals surface area contributed by atoms with Crippen molar-refractivity contribution in [2.24, 2.45) is 0 Å². The molecule has 0 bridgehead atoms. The average Bonchev–Trinajstić information content (AvgIpc) is 2.47. The summed E-state index contributed by atoms with van der Waals surface area (Å²) in [7, 11) is 2.13. The molecule has 0 amide bonds. The highest BCUT2D eigenvalue weighted by molar-refractivity contribution is 4.98. The third kappa shape index (κ3) is 1.65. The molecule has 4 nitrogen and oxygen atoms in total. The zero-order valence-electron chi connectivity index (χ0n) is 7.25. The van der Waals surface area contributed by atoms with Crippen LogP contribution in [0.3, 0.4) is 0 Å². The Morgan fingerprint density at radius 3 is 3.17 bits per heavy atom. The van der Waals surface area contributed by atoms with E-state index in [-0.39, 0.29) is 0 Å². The molecular weight excluding hydrogens is 152 g/mol. The van der Waals surface area contributed by atoms with E-state index in [1.165, 1.54) is 0 Å². The summed E-state index contributed by atoms with van der Waals surface area (Å²) in [4.78, 5) is 2.30. The smallest absolute Gasteiger partial charge is 0.0490 e. The van der Waals surface area contributed by atoms with Gasteiger partial charge in [0.25, 0.3) is 0 Å². The number of hydrogen-bond donors (Lipinski definition) is 2. The second-order valence-electron chi connectivity index (χ2n) is 3.38. The molecule has 12 heavy (non-hydrogen) atoms. The van der Waals surface area contributed by atoms with Gasteiger partial charge in [0.2, 0.25) is 0 Å². The molecule has 2 N–H and O–H groups in total. The van der Waals surface area contributed by atoms with E-state index >= 15 is 0 Å². The quantitative estimate of drug-likeness (QED) is 0.654. The normalized spacial score (nSPS) is 19.4. The summed E-state index contributed by atoms with van der Waals surface area (Å²) in [6.45, 7) is 3.22. The van der Waals surface area contributed by atoms with Gasteiger partial charge in [0.1, 0.15) is 0 Å². The van der Waals surface area contributed by atoms with Crippen molar-refractivity contribution >= 4 is 0 Å². The first-order valence-corrected chi connectivity index (χ1v) is 4.25. The molecule has 1 aliphatic heterocycles. The number of hydrogen-bond acceptors (Lipinski definition) is 3. The number of aromatic amines is 1. The van der Waals surface area contributed by atoms with E-state index in [0.29, 0.717) is 6.04 Å². The van der Waals surface area contributed by atoms with E-state index in [1.807, 2.05) is 6.07 Å². The molecule has 4 heteroatoms. The third-order valence-corrected chi connectivity index (χ3v) is 2.20. The van der Waals surface area contributed by atoms with Gasteiger partial charge in [0, 0.05) is 37.6 Å². The minimum atomic E-state index is 0.665. The van der Waals surface area contributed by atoms with Crippen LogP contribution < -0.4 is 5.32 Å². The lowest BCUT2D eigenvalue weighted by molar-refractivity contribution is 0.160. The van der Waals surface area contributed by atoms with Gasteiger partial charge in [-0.05, 0) is 13.1 Å². The Kier molecular flexibility index (Phi) is 2.10. The third-order valence-electron chi connectivity index (χ3n) is 2.20. The SMILES string of the molecule is CN1CC(NCc2ccn[nH]2)C1. The lowest BCUT2D eigenvalue weighted by Crippen LogP contribution is -2.55. The molecule has 0 unspecified atom stereocenters. The Labute approximate surface area is 72.0 Å². The Bertz CT molecular complexity index is 225. The lowest BCUT2D eigenvalue weighted by atomic mass is 10.1. The molecule has 1 aromatic heterocycles. The monoisotopic (exact) mass is 166 g/mol. The second kappa shape index (κ2) is 3.25. The van der Waals surface area contributed by atoms with Crippen LogP contribution in [0.1, 0.15) is 5.69 Å². The van der Waals surface area contributed by atoms with Crippen molar-refractivity contribution in [3.05, 3.63) is 18.0 Å². The van der Waals surface area contributed by atoms with E-state index in [2.05, 4.69) is 27.5 Å². The Balaban J connectivity index is 1.70. The van der Waals surface area contributed by atoms with Crippen LogP contribution in [-0.4, -0.2) is 41.3 Å². The van der Waals surface area contributed by atoms with E-state index in [0.717, 1.165) is 25.3 Å². The van der Waals surface area contributed by atoms with Crippen molar-refractivity contribution in [3.63, 3.8) is 0 Å². The van der Waals surface area contributed by atoms with Crippen molar-refractivity contribution < 1.29 is 0 Å². The van der Waals surface area contributed by atoms with Crippen LogP contribution in [0.25, 0.3) is 0 Å². The highest BCUT2D eigenvalue weighted by Crippen LogP contribution is 2.04. The minimum absolute atomic E-state index is 0.665. The molecular formula is C8H14N4. The molecule has 66 valence electrons. The second-order valence-corrected chi connectivity index (χ2v) is 3.38. The van der Waals surface area contributed by atoms with Gasteiger partial charge in [-0.15, -0.1) is 0 Å².